The molecule has 0 radical (unpaired) electrons. The number of hydrogen-bond donors (Lipinski definition) is 8. The summed E-state index contributed by atoms with van der Waals surface area (Å²) in [6, 6.07) is 0.0908. The Morgan fingerprint density at radius 1 is 0.833 bits per heavy atom. The number of nitrogens with one attached hydrogen (secondary N) is 3. The van der Waals surface area contributed by atoms with E-state index in [4.69, 9.17) is 16.6 Å². The molecule has 0 spiro atoms. The highest BCUT2D eigenvalue weighted by Gasteiger charge is 2.32. The average Bonchev–Trinajstić information content (AvgIpc) is 2.76. The molecule has 1 rings (SSSR count). The molecule has 0 saturated heterocycles. The van der Waals surface area contributed by atoms with Gasteiger partial charge >= 0.3 is 11.9 Å². The number of carbonyl (C=O) groups excluding carboxylic acids is 4. The third kappa shape index (κ3) is 9.97. The molecule has 1 aromatic rings. The van der Waals surface area contributed by atoms with Gasteiger partial charge in [-0.05, 0) is 23.6 Å². The zero-order valence-electron chi connectivity index (χ0n) is 19.8. The van der Waals surface area contributed by atoms with Crippen molar-refractivity contribution in [1.29, 1.82) is 0 Å². The fraction of sp³-hybridized carbons (Fsp3) is 0.455. The molecule has 4 unspecified atom stereocenters. The lowest BCUT2D eigenvalue weighted by molar-refractivity contribution is -0.147. The number of aromatic hydroxyl groups is 1. The second kappa shape index (κ2) is 13.6. The molecule has 14 heteroatoms. The summed E-state index contributed by atoms with van der Waals surface area (Å²) in [4.78, 5) is 71.6. The molecular formula is C22H31N5O9. The first-order chi connectivity index (χ1) is 16.7. The largest absolute Gasteiger partial charge is 0.508 e. The quantitative estimate of drug-likeness (QED) is 0.134. The Balaban J connectivity index is 3.12. The van der Waals surface area contributed by atoms with Gasteiger partial charge in [0, 0.05) is 6.42 Å². The second-order valence-electron chi connectivity index (χ2n) is 8.44. The molecule has 10 N–H and O–H groups in total. The van der Waals surface area contributed by atoms with Crippen molar-refractivity contribution in [2.45, 2.75) is 57.3 Å². The highest BCUT2D eigenvalue weighted by atomic mass is 16.4. The van der Waals surface area contributed by atoms with Crippen molar-refractivity contribution in [2.75, 3.05) is 0 Å². The van der Waals surface area contributed by atoms with Gasteiger partial charge in [-0.2, -0.15) is 0 Å². The number of phenols is 1. The normalized spacial score (nSPS) is 14.1. The van der Waals surface area contributed by atoms with Crippen LogP contribution in [0.15, 0.2) is 24.3 Å². The molecular weight excluding hydrogens is 478 g/mol. The van der Waals surface area contributed by atoms with Crippen LogP contribution in [0.4, 0.5) is 0 Å². The Morgan fingerprint density at radius 3 is 1.86 bits per heavy atom. The second-order valence-corrected chi connectivity index (χ2v) is 8.44. The molecule has 0 aliphatic carbocycles. The number of rotatable bonds is 14. The summed E-state index contributed by atoms with van der Waals surface area (Å²) in [6.07, 6.45) is -1.45. The molecule has 4 amide bonds. The highest BCUT2D eigenvalue weighted by molar-refractivity contribution is 5.95. The Bertz CT molecular complexity index is 981. The van der Waals surface area contributed by atoms with Gasteiger partial charge in [0.15, 0.2) is 0 Å². The summed E-state index contributed by atoms with van der Waals surface area (Å²) < 4.78 is 0. The van der Waals surface area contributed by atoms with Gasteiger partial charge < -0.3 is 42.7 Å². The predicted molar refractivity (Wildman–Crippen MR) is 124 cm³/mol. The van der Waals surface area contributed by atoms with Crippen LogP contribution in [-0.4, -0.2) is 75.1 Å². The molecule has 14 nitrogen and oxygen atoms in total. The van der Waals surface area contributed by atoms with Crippen LogP contribution in [0, 0.1) is 5.92 Å². The van der Waals surface area contributed by atoms with Crippen molar-refractivity contribution in [2.24, 2.45) is 17.4 Å². The minimum Gasteiger partial charge on any atom is -0.508 e. The van der Waals surface area contributed by atoms with Gasteiger partial charge in [-0.3, -0.25) is 24.0 Å². The summed E-state index contributed by atoms with van der Waals surface area (Å²) in [6.45, 7) is 3.13. The van der Waals surface area contributed by atoms with Crippen molar-refractivity contribution in [1.82, 2.24) is 16.0 Å². The Kier molecular flexibility index (Phi) is 11.3. The van der Waals surface area contributed by atoms with Gasteiger partial charge in [0.2, 0.25) is 23.6 Å². The molecule has 0 heterocycles. The fourth-order valence-electron chi connectivity index (χ4n) is 3.09. The van der Waals surface area contributed by atoms with Crippen LogP contribution in [0.1, 0.15) is 32.3 Å². The number of phenolic OH excluding ortho intramolecular Hbond substituents is 1. The van der Waals surface area contributed by atoms with Crippen molar-refractivity contribution in [3.8, 4) is 5.75 Å². The van der Waals surface area contributed by atoms with E-state index in [9.17, 15) is 39.0 Å². The zero-order chi connectivity index (χ0) is 27.6. The first kappa shape index (κ1) is 29.8. The number of primary amides is 1. The SMILES string of the molecule is CC(C)C(NC(=O)C(Cc1ccc(O)cc1)NC(=O)C(N)CC(N)=O)C(=O)NC(CC(=O)O)C(=O)O. The number of carbonyl (C=O) groups is 6. The number of carboxylic acids is 2. The predicted octanol–water partition coefficient (Wildman–Crippen LogP) is -2.19. The summed E-state index contributed by atoms with van der Waals surface area (Å²) in [5.74, 6) is -7.06. The lowest BCUT2D eigenvalue weighted by atomic mass is 10.00. The molecule has 0 fully saturated rings. The number of carboxylic acid groups (broad SMARTS) is 2. The Hall–Kier alpha value is -4.20. The van der Waals surface area contributed by atoms with Gasteiger partial charge in [-0.15, -0.1) is 0 Å². The maximum Gasteiger partial charge on any atom is 0.326 e. The smallest absolute Gasteiger partial charge is 0.326 e. The van der Waals surface area contributed by atoms with Gasteiger partial charge in [0.25, 0.3) is 0 Å². The third-order valence-corrected chi connectivity index (χ3v) is 5.01. The third-order valence-electron chi connectivity index (χ3n) is 5.01. The minimum atomic E-state index is -1.73. The van der Waals surface area contributed by atoms with Gasteiger partial charge in [0.1, 0.15) is 23.9 Å². The standard InChI is InChI=1S/C22H31N5O9/c1-10(2)18(21(34)26-15(22(35)36)9-17(30)31)27-20(33)14(7-11-3-5-12(28)6-4-11)25-19(32)13(23)8-16(24)29/h3-6,10,13-15,18,28H,7-9,23H2,1-2H3,(H2,24,29)(H,25,32)(H,26,34)(H,27,33)(H,30,31)(H,35,36). The maximum absolute atomic E-state index is 13.1. The van der Waals surface area contributed by atoms with Crippen LogP contribution in [0.2, 0.25) is 0 Å². The van der Waals surface area contributed by atoms with Gasteiger partial charge in [-0.1, -0.05) is 26.0 Å². The summed E-state index contributed by atoms with van der Waals surface area (Å²) in [5.41, 5.74) is 11.2. The Morgan fingerprint density at radius 2 is 1.39 bits per heavy atom. The van der Waals surface area contributed by atoms with Crippen molar-refractivity contribution < 1.29 is 44.1 Å². The molecule has 0 saturated carbocycles. The van der Waals surface area contributed by atoms with E-state index in [2.05, 4.69) is 16.0 Å². The molecule has 198 valence electrons. The lowest BCUT2D eigenvalue weighted by Crippen LogP contribution is -2.59. The molecule has 0 aromatic heterocycles. The maximum atomic E-state index is 13.1. The fourth-order valence-corrected chi connectivity index (χ4v) is 3.09. The highest BCUT2D eigenvalue weighted by Crippen LogP contribution is 2.12. The average molecular weight is 510 g/mol. The van der Waals surface area contributed by atoms with Crippen molar-refractivity contribution in [3.63, 3.8) is 0 Å². The molecule has 1 aromatic carbocycles. The lowest BCUT2D eigenvalue weighted by Gasteiger charge is -2.27. The van der Waals surface area contributed by atoms with Crippen LogP contribution in [0.5, 0.6) is 5.75 Å². The van der Waals surface area contributed by atoms with Gasteiger partial charge in [-0.25, -0.2) is 4.79 Å². The van der Waals surface area contributed by atoms with E-state index in [1.807, 2.05) is 0 Å². The van der Waals surface area contributed by atoms with E-state index < -0.39 is 78.5 Å². The summed E-state index contributed by atoms with van der Waals surface area (Å²) in [5, 5.41) is 34.5. The molecule has 0 aliphatic rings. The molecule has 0 aliphatic heterocycles. The Labute approximate surface area is 206 Å². The molecule has 36 heavy (non-hydrogen) atoms. The van der Waals surface area contributed by atoms with Crippen LogP contribution in [-0.2, 0) is 35.2 Å². The summed E-state index contributed by atoms with van der Waals surface area (Å²) >= 11 is 0. The monoisotopic (exact) mass is 509 g/mol. The van der Waals surface area contributed by atoms with Crippen molar-refractivity contribution >= 4 is 35.6 Å². The van der Waals surface area contributed by atoms with E-state index in [0.29, 0.717) is 5.56 Å². The number of hydrogen-bond acceptors (Lipinski definition) is 8. The topological polar surface area (TPSA) is 251 Å². The number of benzene rings is 1. The molecule has 4 atom stereocenters. The van der Waals surface area contributed by atoms with Crippen LogP contribution in [0.3, 0.4) is 0 Å². The van der Waals surface area contributed by atoms with Crippen LogP contribution >= 0.6 is 0 Å². The number of aliphatic carboxylic acids is 2. The first-order valence-electron chi connectivity index (χ1n) is 10.9. The van der Waals surface area contributed by atoms with E-state index >= 15 is 0 Å². The van der Waals surface area contributed by atoms with E-state index in [1.165, 1.54) is 24.3 Å². The van der Waals surface area contributed by atoms with E-state index in [-0.39, 0.29) is 12.2 Å². The zero-order valence-corrected chi connectivity index (χ0v) is 19.8. The number of amides is 4. The number of nitrogens with two attached hydrogens (primary N) is 2. The van der Waals surface area contributed by atoms with Crippen LogP contribution < -0.4 is 27.4 Å². The van der Waals surface area contributed by atoms with Crippen LogP contribution in [0.25, 0.3) is 0 Å². The summed E-state index contributed by atoms with van der Waals surface area (Å²) in [7, 11) is 0. The van der Waals surface area contributed by atoms with Gasteiger partial charge in [0.05, 0.1) is 18.9 Å². The molecule has 0 bridgehead atoms. The van der Waals surface area contributed by atoms with E-state index in [1.54, 1.807) is 13.8 Å². The van der Waals surface area contributed by atoms with Crippen molar-refractivity contribution in [3.05, 3.63) is 29.8 Å². The minimum absolute atomic E-state index is 0.0295. The van der Waals surface area contributed by atoms with E-state index in [0.717, 1.165) is 0 Å². The first-order valence-corrected chi connectivity index (χ1v) is 10.9.